The van der Waals surface area contributed by atoms with E-state index in [2.05, 4.69) is 25.3 Å². The SMILES string of the molecule is CCNC(=NCc1ccccc1OC(F)(F)F)NCCCN1CCCC1. The summed E-state index contributed by atoms with van der Waals surface area (Å²) in [6.45, 7) is 6.89. The molecule has 0 aromatic heterocycles. The molecule has 146 valence electrons. The van der Waals surface area contributed by atoms with Crippen LogP contribution in [-0.4, -0.2) is 49.9 Å². The van der Waals surface area contributed by atoms with E-state index in [1.54, 1.807) is 12.1 Å². The standard InChI is InChI=1S/C18H27F3N4O/c1-2-22-17(23-10-7-13-25-11-5-6-12-25)24-14-15-8-3-4-9-16(15)26-18(19,20)21/h3-4,8-9H,2,5-7,10-14H2,1H3,(H2,22,23,24). The molecule has 0 unspecified atom stereocenters. The first-order chi connectivity index (χ1) is 12.5. The van der Waals surface area contributed by atoms with Gasteiger partial charge in [-0.3, -0.25) is 0 Å². The lowest BCUT2D eigenvalue weighted by atomic mass is 10.2. The number of hydrogen-bond acceptors (Lipinski definition) is 3. The highest BCUT2D eigenvalue weighted by molar-refractivity contribution is 5.79. The van der Waals surface area contributed by atoms with Gasteiger partial charge in [0, 0.05) is 18.7 Å². The van der Waals surface area contributed by atoms with Crippen LogP contribution in [0.5, 0.6) is 5.75 Å². The molecule has 1 fully saturated rings. The number of guanidine groups is 1. The van der Waals surface area contributed by atoms with E-state index >= 15 is 0 Å². The number of nitrogens with one attached hydrogen (secondary N) is 2. The third-order valence-electron chi connectivity index (χ3n) is 4.09. The highest BCUT2D eigenvalue weighted by Gasteiger charge is 2.31. The van der Waals surface area contributed by atoms with E-state index in [-0.39, 0.29) is 12.3 Å². The van der Waals surface area contributed by atoms with Crippen molar-refractivity contribution in [3.8, 4) is 5.75 Å². The van der Waals surface area contributed by atoms with Crippen molar-refractivity contribution in [1.82, 2.24) is 15.5 Å². The van der Waals surface area contributed by atoms with E-state index in [0.717, 1.165) is 19.5 Å². The minimum atomic E-state index is -4.71. The van der Waals surface area contributed by atoms with Gasteiger partial charge < -0.3 is 20.3 Å². The molecule has 0 amide bonds. The number of likely N-dealkylation sites (tertiary alicyclic amines) is 1. The van der Waals surface area contributed by atoms with E-state index in [1.165, 1.54) is 38.1 Å². The Kier molecular flexibility index (Phi) is 8.03. The van der Waals surface area contributed by atoms with Crippen molar-refractivity contribution in [2.75, 3.05) is 32.7 Å². The molecule has 2 rings (SSSR count). The molecule has 0 atom stereocenters. The summed E-state index contributed by atoms with van der Waals surface area (Å²) in [4.78, 5) is 6.82. The van der Waals surface area contributed by atoms with Gasteiger partial charge in [0.25, 0.3) is 0 Å². The maximum atomic E-state index is 12.5. The molecule has 1 heterocycles. The number of rotatable bonds is 8. The van der Waals surface area contributed by atoms with Gasteiger partial charge in [-0.25, -0.2) is 4.99 Å². The van der Waals surface area contributed by atoms with E-state index in [4.69, 9.17) is 0 Å². The van der Waals surface area contributed by atoms with Crippen LogP contribution in [0.4, 0.5) is 13.2 Å². The van der Waals surface area contributed by atoms with Crippen LogP contribution in [-0.2, 0) is 6.54 Å². The maximum Gasteiger partial charge on any atom is 0.573 e. The molecule has 0 aliphatic carbocycles. The minimum absolute atomic E-state index is 0.105. The molecule has 5 nitrogen and oxygen atoms in total. The van der Waals surface area contributed by atoms with Gasteiger partial charge in [-0.2, -0.15) is 0 Å². The van der Waals surface area contributed by atoms with E-state index in [9.17, 15) is 13.2 Å². The van der Waals surface area contributed by atoms with Crippen LogP contribution in [0.25, 0.3) is 0 Å². The largest absolute Gasteiger partial charge is 0.573 e. The second kappa shape index (κ2) is 10.3. The average Bonchev–Trinajstić information content (AvgIpc) is 3.09. The van der Waals surface area contributed by atoms with Crippen molar-refractivity contribution in [1.29, 1.82) is 0 Å². The van der Waals surface area contributed by atoms with Crippen LogP contribution >= 0.6 is 0 Å². The highest BCUT2D eigenvalue weighted by atomic mass is 19.4. The summed E-state index contributed by atoms with van der Waals surface area (Å²) in [7, 11) is 0. The lowest BCUT2D eigenvalue weighted by Gasteiger charge is -2.16. The second-order valence-corrected chi connectivity index (χ2v) is 6.18. The van der Waals surface area contributed by atoms with Crippen molar-refractivity contribution >= 4 is 5.96 Å². The first-order valence-electron chi connectivity index (χ1n) is 9.06. The van der Waals surface area contributed by atoms with Gasteiger partial charge >= 0.3 is 6.36 Å². The highest BCUT2D eigenvalue weighted by Crippen LogP contribution is 2.26. The fourth-order valence-electron chi connectivity index (χ4n) is 2.88. The number of aliphatic imine (C=N–C) groups is 1. The van der Waals surface area contributed by atoms with Crippen LogP contribution in [0.2, 0.25) is 0 Å². The van der Waals surface area contributed by atoms with Crippen LogP contribution in [0.1, 0.15) is 31.7 Å². The van der Waals surface area contributed by atoms with Gasteiger partial charge in [-0.1, -0.05) is 18.2 Å². The van der Waals surface area contributed by atoms with Gasteiger partial charge in [0.2, 0.25) is 0 Å². The molecule has 1 aliphatic heterocycles. The molecule has 0 spiro atoms. The summed E-state index contributed by atoms with van der Waals surface area (Å²) >= 11 is 0. The van der Waals surface area contributed by atoms with Crippen molar-refractivity contribution in [3.63, 3.8) is 0 Å². The van der Waals surface area contributed by atoms with Crippen LogP contribution in [0.15, 0.2) is 29.3 Å². The summed E-state index contributed by atoms with van der Waals surface area (Å²) in [5, 5.41) is 6.34. The number of alkyl halides is 3. The van der Waals surface area contributed by atoms with Crippen molar-refractivity contribution in [2.24, 2.45) is 4.99 Å². The summed E-state index contributed by atoms with van der Waals surface area (Å²) in [6.07, 6.45) is -1.16. The lowest BCUT2D eigenvalue weighted by molar-refractivity contribution is -0.274. The molecular formula is C18H27F3N4O. The summed E-state index contributed by atoms with van der Waals surface area (Å²) in [5.74, 6) is 0.379. The average molecular weight is 372 g/mol. The summed E-state index contributed by atoms with van der Waals surface area (Å²) in [6, 6.07) is 6.07. The molecule has 26 heavy (non-hydrogen) atoms. The number of benzene rings is 1. The number of halogens is 3. The molecular weight excluding hydrogens is 345 g/mol. The molecule has 0 saturated carbocycles. The van der Waals surface area contributed by atoms with Crippen LogP contribution in [0.3, 0.4) is 0 Å². The smallest absolute Gasteiger partial charge is 0.405 e. The maximum absolute atomic E-state index is 12.5. The zero-order valence-electron chi connectivity index (χ0n) is 15.1. The Balaban J connectivity index is 1.87. The Bertz CT molecular complexity index is 572. The Morgan fingerprint density at radius 2 is 1.92 bits per heavy atom. The van der Waals surface area contributed by atoms with Crippen LogP contribution < -0.4 is 15.4 Å². The number of hydrogen-bond donors (Lipinski definition) is 2. The predicted molar refractivity (Wildman–Crippen MR) is 96.2 cm³/mol. The molecule has 0 radical (unpaired) electrons. The quantitative estimate of drug-likeness (QED) is 0.418. The van der Waals surface area contributed by atoms with Crippen molar-refractivity contribution in [2.45, 2.75) is 39.1 Å². The van der Waals surface area contributed by atoms with Crippen molar-refractivity contribution in [3.05, 3.63) is 29.8 Å². The van der Waals surface area contributed by atoms with Gasteiger partial charge in [-0.15, -0.1) is 13.2 Å². The van der Waals surface area contributed by atoms with Gasteiger partial charge in [0.15, 0.2) is 5.96 Å². The Labute approximate surface area is 152 Å². The molecule has 2 N–H and O–H groups in total. The fraction of sp³-hybridized carbons (Fsp3) is 0.611. The van der Waals surface area contributed by atoms with E-state index in [0.29, 0.717) is 18.1 Å². The third kappa shape index (κ3) is 7.51. The first-order valence-corrected chi connectivity index (χ1v) is 9.06. The molecule has 8 heteroatoms. The molecule has 1 aromatic rings. The zero-order valence-corrected chi connectivity index (χ0v) is 15.1. The second-order valence-electron chi connectivity index (χ2n) is 6.18. The Morgan fingerprint density at radius 3 is 2.62 bits per heavy atom. The summed E-state index contributed by atoms with van der Waals surface area (Å²) < 4.78 is 41.5. The topological polar surface area (TPSA) is 48.9 Å². The van der Waals surface area contributed by atoms with Crippen LogP contribution in [0, 0.1) is 0 Å². The zero-order chi connectivity index (χ0) is 18.8. The minimum Gasteiger partial charge on any atom is -0.405 e. The predicted octanol–water partition coefficient (Wildman–Crippen LogP) is 3.13. The van der Waals surface area contributed by atoms with E-state index in [1.807, 2.05) is 6.92 Å². The number of ether oxygens (including phenoxy) is 1. The van der Waals surface area contributed by atoms with E-state index < -0.39 is 6.36 Å². The normalized spacial score (nSPS) is 15.9. The molecule has 1 aromatic carbocycles. The number of nitrogens with zero attached hydrogens (tertiary/aromatic N) is 2. The van der Waals surface area contributed by atoms with Gasteiger partial charge in [-0.05, 0) is 51.9 Å². The summed E-state index contributed by atoms with van der Waals surface area (Å²) in [5.41, 5.74) is 0.388. The third-order valence-corrected chi connectivity index (χ3v) is 4.09. The Hall–Kier alpha value is -1.96. The van der Waals surface area contributed by atoms with Gasteiger partial charge in [0.05, 0.1) is 6.54 Å². The lowest BCUT2D eigenvalue weighted by Crippen LogP contribution is -2.38. The molecule has 1 aliphatic rings. The number of para-hydroxylation sites is 1. The molecule has 0 bridgehead atoms. The fourth-order valence-corrected chi connectivity index (χ4v) is 2.88. The monoisotopic (exact) mass is 372 g/mol. The Morgan fingerprint density at radius 1 is 1.19 bits per heavy atom. The molecule has 1 saturated heterocycles. The first kappa shape index (κ1) is 20.4. The van der Waals surface area contributed by atoms with Gasteiger partial charge in [0.1, 0.15) is 5.75 Å². The van der Waals surface area contributed by atoms with Crippen molar-refractivity contribution < 1.29 is 17.9 Å².